The van der Waals surface area contributed by atoms with E-state index in [1.54, 1.807) is 30.3 Å². The van der Waals surface area contributed by atoms with Crippen LogP contribution in [0.2, 0.25) is 0 Å². The molecule has 0 spiro atoms. The number of nitrogens with zero attached hydrogens (tertiary/aromatic N) is 2. The molecule has 1 fully saturated rings. The summed E-state index contributed by atoms with van der Waals surface area (Å²) in [6, 6.07) is 15.7. The minimum Gasteiger partial charge on any atom is -0.480 e. The van der Waals surface area contributed by atoms with Crippen LogP contribution in [-0.2, 0) is 16.0 Å². The molecule has 2 aromatic carbocycles. The van der Waals surface area contributed by atoms with Crippen LogP contribution in [0.1, 0.15) is 28.8 Å². The number of hydrogen-bond acceptors (Lipinski definition) is 4. The second kappa shape index (κ2) is 10.6. The minimum absolute atomic E-state index is 0.242. The molecule has 32 heavy (non-hydrogen) atoms. The van der Waals surface area contributed by atoms with Gasteiger partial charge in [-0.1, -0.05) is 48.5 Å². The average Bonchev–Trinajstić information content (AvgIpc) is 3.29. The third kappa shape index (κ3) is 5.72. The molecular formula is C24H27N3O5. The van der Waals surface area contributed by atoms with Gasteiger partial charge < -0.3 is 20.2 Å². The van der Waals surface area contributed by atoms with Gasteiger partial charge in [-0.25, -0.2) is 9.59 Å². The number of likely N-dealkylation sites (tertiary alicyclic amines) is 1. The SMILES string of the molecule is CN(CC(=O)[C@H](Cc1ccccc1)NC(=O)c1ccccc1)C(=O)N1CCC[C@H]1C(=O)O. The summed E-state index contributed by atoms with van der Waals surface area (Å²) in [7, 11) is 1.47. The van der Waals surface area contributed by atoms with Gasteiger partial charge >= 0.3 is 12.0 Å². The lowest BCUT2D eigenvalue weighted by Crippen LogP contribution is -2.51. The molecular weight excluding hydrogens is 410 g/mol. The molecule has 2 N–H and O–H groups in total. The van der Waals surface area contributed by atoms with E-state index in [1.165, 1.54) is 16.8 Å². The van der Waals surface area contributed by atoms with Crippen molar-refractivity contribution in [3.05, 3.63) is 71.8 Å². The zero-order chi connectivity index (χ0) is 23.1. The Labute approximate surface area is 186 Å². The topological polar surface area (TPSA) is 107 Å². The van der Waals surface area contributed by atoms with Gasteiger partial charge in [-0.05, 0) is 37.0 Å². The molecule has 0 radical (unpaired) electrons. The Morgan fingerprint density at radius 1 is 1.06 bits per heavy atom. The smallest absolute Gasteiger partial charge is 0.326 e. The Balaban J connectivity index is 1.71. The van der Waals surface area contributed by atoms with Crippen LogP contribution in [0.25, 0.3) is 0 Å². The van der Waals surface area contributed by atoms with Crippen LogP contribution in [0.5, 0.6) is 0 Å². The molecule has 8 heteroatoms. The molecule has 0 aliphatic carbocycles. The highest BCUT2D eigenvalue weighted by atomic mass is 16.4. The Kier molecular flexibility index (Phi) is 7.59. The summed E-state index contributed by atoms with van der Waals surface area (Å²) in [6.45, 7) is 0.0980. The zero-order valence-corrected chi connectivity index (χ0v) is 17.9. The first-order chi connectivity index (χ1) is 15.4. The van der Waals surface area contributed by atoms with Crippen molar-refractivity contribution in [1.82, 2.24) is 15.1 Å². The van der Waals surface area contributed by atoms with E-state index >= 15 is 0 Å². The van der Waals surface area contributed by atoms with Gasteiger partial charge in [0.2, 0.25) is 0 Å². The molecule has 1 saturated heterocycles. The van der Waals surface area contributed by atoms with E-state index in [-0.39, 0.29) is 24.7 Å². The largest absolute Gasteiger partial charge is 0.480 e. The third-order valence-electron chi connectivity index (χ3n) is 5.52. The van der Waals surface area contributed by atoms with E-state index in [0.717, 1.165) is 5.56 Å². The van der Waals surface area contributed by atoms with E-state index in [9.17, 15) is 24.3 Å². The van der Waals surface area contributed by atoms with Crippen LogP contribution in [0.15, 0.2) is 60.7 Å². The van der Waals surface area contributed by atoms with Crippen molar-refractivity contribution in [1.29, 1.82) is 0 Å². The van der Waals surface area contributed by atoms with Gasteiger partial charge in [0.25, 0.3) is 5.91 Å². The molecule has 0 saturated carbocycles. The highest BCUT2D eigenvalue weighted by molar-refractivity contribution is 5.99. The summed E-state index contributed by atoms with van der Waals surface area (Å²) >= 11 is 0. The maximum atomic E-state index is 13.1. The van der Waals surface area contributed by atoms with Crippen LogP contribution in [0.4, 0.5) is 4.79 Å². The lowest BCUT2D eigenvalue weighted by Gasteiger charge is -2.28. The number of benzene rings is 2. The summed E-state index contributed by atoms with van der Waals surface area (Å²) in [6.07, 6.45) is 1.28. The monoisotopic (exact) mass is 437 g/mol. The normalized spacial score (nSPS) is 16.3. The summed E-state index contributed by atoms with van der Waals surface area (Å²) in [4.78, 5) is 52.5. The summed E-state index contributed by atoms with van der Waals surface area (Å²) in [5.41, 5.74) is 1.31. The summed E-state index contributed by atoms with van der Waals surface area (Å²) < 4.78 is 0. The molecule has 1 aliphatic rings. The molecule has 1 heterocycles. The molecule has 3 rings (SSSR count). The van der Waals surface area contributed by atoms with E-state index in [1.807, 2.05) is 30.3 Å². The van der Waals surface area contributed by atoms with Gasteiger partial charge in [-0.15, -0.1) is 0 Å². The van der Waals surface area contributed by atoms with Gasteiger partial charge in [0, 0.05) is 19.2 Å². The number of aliphatic carboxylic acids is 1. The maximum absolute atomic E-state index is 13.1. The van der Waals surface area contributed by atoms with Crippen molar-refractivity contribution >= 4 is 23.7 Å². The molecule has 168 valence electrons. The highest BCUT2D eigenvalue weighted by Crippen LogP contribution is 2.19. The van der Waals surface area contributed by atoms with Gasteiger partial charge in [0.05, 0.1) is 12.6 Å². The molecule has 0 unspecified atom stereocenters. The van der Waals surface area contributed by atoms with Crippen molar-refractivity contribution in [2.45, 2.75) is 31.3 Å². The maximum Gasteiger partial charge on any atom is 0.326 e. The lowest BCUT2D eigenvalue weighted by atomic mass is 10.0. The van der Waals surface area contributed by atoms with Crippen molar-refractivity contribution in [2.24, 2.45) is 0 Å². The molecule has 2 atom stereocenters. The fraction of sp³-hybridized carbons (Fsp3) is 0.333. The van der Waals surface area contributed by atoms with E-state index in [4.69, 9.17) is 0 Å². The molecule has 0 bridgehead atoms. The number of nitrogens with one attached hydrogen (secondary N) is 1. The summed E-state index contributed by atoms with van der Waals surface area (Å²) in [5.74, 6) is -1.76. The standard InChI is InChI=1S/C24H27N3O5/c1-26(24(32)27-14-8-13-20(27)23(30)31)16-21(28)19(15-17-9-4-2-5-10-17)25-22(29)18-11-6-3-7-12-18/h2-7,9-12,19-20H,8,13-16H2,1H3,(H,25,29)(H,30,31)/t19-,20-/m0/s1. The number of Topliss-reactive ketones (excluding diaryl/α,β-unsaturated/α-hetero) is 1. The number of carboxylic acid groups (broad SMARTS) is 1. The number of carboxylic acids is 1. The van der Waals surface area contributed by atoms with E-state index < -0.39 is 24.1 Å². The van der Waals surface area contributed by atoms with Crippen molar-refractivity contribution in [3.63, 3.8) is 0 Å². The molecule has 0 aromatic heterocycles. The Hall–Kier alpha value is -3.68. The van der Waals surface area contributed by atoms with Crippen molar-refractivity contribution in [3.8, 4) is 0 Å². The Bertz CT molecular complexity index is 964. The number of likely N-dealkylation sites (N-methyl/N-ethyl adjacent to an activating group) is 1. The minimum atomic E-state index is -1.05. The van der Waals surface area contributed by atoms with Gasteiger partial charge in [-0.2, -0.15) is 0 Å². The predicted molar refractivity (Wildman–Crippen MR) is 118 cm³/mol. The quantitative estimate of drug-likeness (QED) is 0.658. The highest BCUT2D eigenvalue weighted by Gasteiger charge is 2.36. The molecule has 2 aromatic rings. The molecule has 8 nitrogen and oxygen atoms in total. The van der Waals surface area contributed by atoms with E-state index in [0.29, 0.717) is 24.9 Å². The molecule has 1 aliphatic heterocycles. The number of amides is 3. The van der Waals surface area contributed by atoms with Gasteiger partial charge in [-0.3, -0.25) is 9.59 Å². The van der Waals surface area contributed by atoms with Crippen LogP contribution in [-0.4, -0.2) is 70.8 Å². The number of carbonyl (C=O) groups excluding carboxylic acids is 3. The number of urea groups is 1. The third-order valence-corrected chi connectivity index (χ3v) is 5.52. The zero-order valence-electron chi connectivity index (χ0n) is 17.9. The number of rotatable bonds is 8. The van der Waals surface area contributed by atoms with Crippen LogP contribution in [0, 0.1) is 0 Å². The first-order valence-corrected chi connectivity index (χ1v) is 10.5. The van der Waals surface area contributed by atoms with Crippen molar-refractivity contribution < 1.29 is 24.3 Å². The fourth-order valence-corrected chi connectivity index (χ4v) is 3.81. The van der Waals surface area contributed by atoms with Gasteiger partial charge in [0.15, 0.2) is 5.78 Å². The van der Waals surface area contributed by atoms with Crippen molar-refractivity contribution in [2.75, 3.05) is 20.1 Å². The predicted octanol–water partition coefficient (Wildman–Crippen LogP) is 2.20. The molecule has 3 amide bonds. The Morgan fingerprint density at radius 2 is 1.69 bits per heavy atom. The second-order valence-electron chi connectivity index (χ2n) is 7.88. The first-order valence-electron chi connectivity index (χ1n) is 10.5. The van der Waals surface area contributed by atoms with Crippen LogP contribution in [0.3, 0.4) is 0 Å². The summed E-state index contributed by atoms with van der Waals surface area (Å²) in [5, 5.41) is 12.1. The lowest BCUT2D eigenvalue weighted by molar-refractivity contribution is -0.141. The fourth-order valence-electron chi connectivity index (χ4n) is 3.81. The van der Waals surface area contributed by atoms with E-state index in [2.05, 4.69) is 5.32 Å². The van der Waals surface area contributed by atoms with Gasteiger partial charge in [0.1, 0.15) is 6.04 Å². The first kappa shape index (κ1) is 23.0. The average molecular weight is 437 g/mol. The van der Waals surface area contributed by atoms with Crippen LogP contribution >= 0.6 is 0 Å². The number of hydrogen-bond donors (Lipinski definition) is 2. The van der Waals surface area contributed by atoms with Crippen LogP contribution < -0.4 is 5.32 Å². The number of ketones is 1. The Morgan fingerprint density at radius 3 is 2.31 bits per heavy atom. The number of carbonyl (C=O) groups is 4. The second-order valence-corrected chi connectivity index (χ2v) is 7.88.